The zero-order chi connectivity index (χ0) is 25.2. The minimum absolute atomic E-state index is 0.105. The van der Waals surface area contributed by atoms with Gasteiger partial charge >= 0.3 is 35.6 Å². The number of carbonyl (C=O) groups is 1. The Labute approximate surface area is 184 Å². The number of rotatable bonds is 5. The molecule has 2 heterocycles. The molecular formula is C20H12F9N3O2. The number of aromatic nitrogens is 2. The van der Waals surface area contributed by atoms with Gasteiger partial charge in [0.25, 0.3) is 0 Å². The maximum atomic E-state index is 14.5. The summed E-state index contributed by atoms with van der Waals surface area (Å²) < 4.78 is 128. The molecule has 2 aromatic carbocycles. The normalized spacial score (nSPS) is 23.2. The van der Waals surface area contributed by atoms with Crippen LogP contribution in [0.4, 0.5) is 45.5 Å². The van der Waals surface area contributed by atoms with Crippen molar-refractivity contribution in [2.45, 2.75) is 36.3 Å². The van der Waals surface area contributed by atoms with Crippen LogP contribution in [-0.2, 0) is 16.1 Å². The molecule has 1 amide bonds. The molecule has 1 aliphatic heterocycles. The van der Waals surface area contributed by atoms with Crippen LogP contribution in [0.2, 0.25) is 0 Å². The summed E-state index contributed by atoms with van der Waals surface area (Å²) in [5, 5.41) is 1.37. The number of fused-ring (bicyclic) bond motifs is 1. The number of halogens is 9. The number of nitrogens with zero attached hydrogens (tertiary/aromatic N) is 2. The highest BCUT2D eigenvalue weighted by Gasteiger charge is 2.96. The molecule has 0 bridgehead atoms. The zero-order valence-electron chi connectivity index (χ0n) is 16.5. The highest BCUT2D eigenvalue weighted by molar-refractivity contribution is 5.97. The summed E-state index contributed by atoms with van der Waals surface area (Å²) in [5.74, 6) is -29.7. The van der Waals surface area contributed by atoms with Crippen molar-refractivity contribution < 1.29 is 49.0 Å². The lowest BCUT2D eigenvalue weighted by Gasteiger charge is -2.31. The first-order chi connectivity index (χ1) is 15.7. The molecule has 0 unspecified atom stereocenters. The van der Waals surface area contributed by atoms with E-state index in [2.05, 4.69) is 9.72 Å². The molecule has 1 saturated heterocycles. The number of carbonyl (C=O) groups excluding carboxylic acids is 1. The molecule has 0 spiro atoms. The molecule has 1 aromatic heterocycles. The van der Waals surface area contributed by atoms with Gasteiger partial charge in [-0.25, -0.2) is 4.98 Å². The van der Waals surface area contributed by atoms with Gasteiger partial charge in [0.05, 0.1) is 17.6 Å². The molecule has 3 aromatic rings. The first-order valence-electron chi connectivity index (χ1n) is 9.37. The van der Waals surface area contributed by atoms with Crippen molar-refractivity contribution in [1.29, 1.82) is 0 Å². The fourth-order valence-electron chi connectivity index (χ4n) is 3.37. The summed E-state index contributed by atoms with van der Waals surface area (Å²) in [4.78, 5) is 16.0. The zero-order valence-corrected chi connectivity index (χ0v) is 16.5. The molecule has 34 heavy (non-hydrogen) atoms. The number of alkyl halides is 9. The van der Waals surface area contributed by atoms with Crippen LogP contribution in [-0.4, -0.2) is 45.2 Å². The van der Waals surface area contributed by atoms with Crippen LogP contribution in [0.15, 0.2) is 54.6 Å². The molecule has 1 N–H and O–H groups in total. The fraction of sp³-hybridized carbons (Fsp3) is 0.300. The number of nitrogens with one attached hydrogen (secondary N) is 1. The van der Waals surface area contributed by atoms with Crippen LogP contribution < -0.4 is 5.32 Å². The van der Waals surface area contributed by atoms with Gasteiger partial charge in [0, 0.05) is 0 Å². The van der Waals surface area contributed by atoms with E-state index in [1.165, 1.54) is 29.6 Å². The summed E-state index contributed by atoms with van der Waals surface area (Å²) in [6, 6.07) is 14.1. The van der Waals surface area contributed by atoms with Gasteiger partial charge in [-0.3, -0.25) is 14.8 Å². The van der Waals surface area contributed by atoms with E-state index in [0.29, 0.717) is 5.56 Å². The van der Waals surface area contributed by atoms with Gasteiger partial charge < -0.3 is 4.57 Å². The van der Waals surface area contributed by atoms with Crippen molar-refractivity contribution in [3.05, 3.63) is 60.2 Å². The van der Waals surface area contributed by atoms with Crippen molar-refractivity contribution in [3.63, 3.8) is 0 Å². The van der Waals surface area contributed by atoms with E-state index in [-0.39, 0.29) is 17.6 Å². The van der Waals surface area contributed by atoms with Crippen LogP contribution >= 0.6 is 0 Å². The minimum Gasteiger partial charge on any atom is -0.305 e. The second-order valence-corrected chi connectivity index (χ2v) is 7.39. The third-order valence-electron chi connectivity index (χ3n) is 5.18. The largest absolute Gasteiger partial charge is 0.428 e. The predicted octanol–water partition coefficient (Wildman–Crippen LogP) is 5.22. The van der Waals surface area contributed by atoms with Gasteiger partial charge in [0.2, 0.25) is 5.95 Å². The second kappa shape index (κ2) is 7.35. The van der Waals surface area contributed by atoms with Crippen molar-refractivity contribution >= 4 is 22.9 Å². The monoisotopic (exact) mass is 497 g/mol. The molecular weight excluding hydrogens is 485 g/mol. The quantitative estimate of drug-likeness (QED) is 0.492. The van der Waals surface area contributed by atoms with Crippen LogP contribution in [0.3, 0.4) is 0 Å². The molecule has 4 rings (SSSR count). The minimum atomic E-state index is -6.77. The van der Waals surface area contributed by atoms with Gasteiger partial charge in [-0.1, -0.05) is 42.5 Å². The van der Waals surface area contributed by atoms with E-state index in [1.807, 2.05) is 0 Å². The highest BCUT2D eigenvalue weighted by atomic mass is 19.4. The third kappa shape index (κ3) is 3.15. The Morgan fingerprint density at radius 3 is 2.09 bits per heavy atom. The van der Waals surface area contributed by atoms with E-state index >= 15 is 0 Å². The maximum absolute atomic E-state index is 14.5. The van der Waals surface area contributed by atoms with Crippen molar-refractivity contribution in [2.75, 3.05) is 5.32 Å². The first-order valence-corrected chi connectivity index (χ1v) is 9.37. The van der Waals surface area contributed by atoms with Crippen molar-refractivity contribution in [2.24, 2.45) is 0 Å². The van der Waals surface area contributed by atoms with Gasteiger partial charge in [0.1, 0.15) is 0 Å². The first kappa shape index (κ1) is 23.9. The number of hydrogen-bond donors (Lipinski definition) is 1. The average Bonchev–Trinajstić information content (AvgIpc) is 3.14. The smallest absolute Gasteiger partial charge is 0.305 e. The average molecular weight is 497 g/mol. The standard InChI is InChI=1S/C20H12F9N3O2/c21-16(22,19(27)17(23,24)18(25,26)20(28,29)34-19)14(33)31-15-30-12-8-4-5-9-13(12)32(15)10-11-6-2-1-3-7-11/h1-9H,10H2,(H,30,31,33)/t19-/m1/s1. The van der Waals surface area contributed by atoms with Crippen molar-refractivity contribution in [1.82, 2.24) is 9.55 Å². The van der Waals surface area contributed by atoms with Gasteiger partial charge in [-0.2, -0.15) is 39.5 Å². The van der Waals surface area contributed by atoms with Gasteiger partial charge in [-0.05, 0) is 17.7 Å². The third-order valence-corrected chi connectivity index (χ3v) is 5.18. The van der Waals surface area contributed by atoms with E-state index < -0.39 is 41.6 Å². The lowest BCUT2D eigenvalue weighted by molar-refractivity contribution is -0.366. The number of imidazole rings is 1. The summed E-state index contributed by atoms with van der Waals surface area (Å²) in [6.07, 6.45) is -6.32. The second-order valence-electron chi connectivity index (χ2n) is 7.39. The number of para-hydroxylation sites is 2. The Bertz CT molecular complexity index is 1250. The van der Waals surface area contributed by atoms with Crippen LogP contribution in [0.1, 0.15) is 5.56 Å². The molecule has 14 heteroatoms. The lowest BCUT2D eigenvalue weighted by Crippen LogP contribution is -2.63. The van der Waals surface area contributed by atoms with Crippen molar-refractivity contribution in [3.8, 4) is 0 Å². The van der Waals surface area contributed by atoms with E-state index in [9.17, 15) is 44.3 Å². The summed E-state index contributed by atoms with van der Waals surface area (Å²) in [6.45, 7) is -0.105. The molecule has 0 saturated carbocycles. The lowest BCUT2D eigenvalue weighted by atomic mass is 9.99. The molecule has 5 nitrogen and oxygen atoms in total. The molecule has 1 atom stereocenters. The molecule has 0 radical (unpaired) electrons. The molecule has 182 valence electrons. The van der Waals surface area contributed by atoms with E-state index in [0.717, 1.165) is 4.57 Å². The summed E-state index contributed by atoms with van der Waals surface area (Å²) in [7, 11) is 0. The summed E-state index contributed by atoms with van der Waals surface area (Å²) >= 11 is 0. The van der Waals surface area contributed by atoms with Gasteiger partial charge in [-0.15, -0.1) is 0 Å². The SMILES string of the molecule is O=C(Nc1nc2ccccc2n1Cc1ccccc1)C(F)(F)[C@@]1(F)OC(F)(F)C(F)(F)C1(F)F. The Morgan fingerprint density at radius 2 is 1.50 bits per heavy atom. The Hall–Kier alpha value is -3.29. The van der Waals surface area contributed by atoms with Crippen LogP contribution in [0.25, 0.3) is 11.0 Å². The number of hydrogen-bond acceptors (Lipinski definition) is 3. The van der Waals surface area contributed by atoms with Gasteiger partial charge in [0.15, 0.2) is 0 Å². The topological polar surface area (TPSA) is 56.2 Å². The summed E-state index contributed by atoms with van der Waals surface area (Å²) in [5.41, 5.74) is 0.966. The Kier molecular flexibility index (Phi) is 5.16. The number of benzene rings is 2. The van der Waals surface area contributed by atoms with Crippen LogP contribution in [0.5, 0.6) is 0 Å². The number of anilines is 1. The molecule has 1 fully saturated rings. The van der Waals surface area contributed by atoms with Crippen LogP contribution in [0, 0.1) is 0 Å². The van der Waals surface area contributed by atoms with E-state index in [4.69, 9.17) is 0 Å². The molecule has 0 aliphatic carbocycles. The molecule has 1 aliphatic rings. The number of ether oxygens (including phenoxy) is 1. The maximum Gasteiger partial charge on any atom is 0.428 e. The fourth-order valence-corrected chi connectivity index (χ4v) is 3.37. The highest BCUT2D eigenvalue weighted by Crippen LogP contribution is 2.64. The number of amides is 1. The Balaban J connectivity index is 1.73. The Morgan fingerprint density at radius 1 is 0.912 bits per heavy atom. The predicted molar refractivity (Wildman–Crippen MR) is 98.6 cm³/mol. The van der Waals surface area contributed by atoms with E-state index in [1.54, 1.807) is 30.3 Å².